The molecule has 0 fully saturated rings. The van der Waals surface area contributed by atoms with E-state index in [1.54, 1.807) is 6.07 Å². The fourth-order valence-electron chi connectivity index (χ4n) is 0.810. The Kier molecular flexibility index (Phi) is 2.22. The Morgan fingerprint density at radius 1 is 1.85 bits per heavy atom. The second-order valence-electron chi connectivity index (χ2n) is 2.37. The number of aliphatic hydroxyl groups is 1. The Labute approximate surface area is 92.9 Å². The van der Waals surface area contributed by atoms with Gasteiger partial charge in [0, 0.05) is 30.7 Å². The lowest BCUT2D eigenvalue weighted by Crippen LogP contribution is -2.03. The predicted octanol–water partition coefficient (Wildman–Crippen LogP) is 1.91. The molecular weight excluding hydrogens is 234 g/mol. The van der Waals surface area contributed by atoms with Crippen LogP contribution in [-0.4, -0.2) is 23.7 Å². The van der Waals surface area contributed by atoms with Crippen LogP contribution in [-0.2, 0) is 4.74 Å². The molecule has 0 bridgehead atoms. The van der Waals surface area contributed by atoms with E-state index in [4.69, 9.17) is 6.85 Å². The standard InChI is InChI=1S/C9H12BrNO2/c1-13-5-4-9(12)8-3-2-7(10)6-11-8/h2-3,6,9,12H,4-5H2,1H3/i1D3,5D2. The molecule has 0 amide bonds. The van der Waals surface area contributed by atoms with E-state index in [-0.39, 0.29) is 5.69 Å². The van der Waals surface area contributed by atoms with Gasteiger partial charge in [-0.25, -0.2) is 0 Å². The summed E-state index contributed by atoms with van der Waals surface area (Å²) in [5.74, 6) is 0. The van der Waals surface area contributed by atoms with Crippen LogP contribution < -0.4 is 0 Å². The summed E-state index contributed by atoms with van der Waals surface area (Å²) < 4.78 is 40.3. The van der Waals surface area contributed by atoms with Gasteiger partial charge in [-0.2, -0.15) is 0 Å². The van der Waals surface area contributed by atoms with Crippen molar-refractivity contribution in [3.8, 4) is 0 Å². The summed E-state index contributed by atoms with van der Waals surface area (Å²) in [6.45, 7) is -2.46. The van der Waals surface area contributed by atoms with Crippen LogP contribution in [0.3, 0.4) is 0 Å². The van der Waals surface area contributed by atoms with Crippen molar-refractivity contribution < 1.29 is 16.7 Å². The summed E-state index contributed by atoms with van der Waals surface area (Å²) in [4.78, 5) is 3.90. The fourth-order valence-corrected chi connectivity index (χ4v) is 1.04. The van der Waals surface area contributed by atoms with Crippen molar-refractivity contribution in [1.29, 1.82) is 0 Å². The molecule has 3 nitrogen and oxygen atoms in total. The van der Waals surface area contributed by atoms with Gasteiger partial charge >= 0.3 is 0 Å². The molecule has 72 valence electrons. The van der Waals surface area contributed by atoms with Gasteiger partial charge in [-0.1, -0.05) is 0 Å². The van der Waals surface area contributed by atoms with Gasteiger partial charge in [-0.3, -0.25) is 4.98 Å². The third kappa shape index (κ3) is 3.42. The second kappa shape index (κ2) is 5.32. The van der Waals surface area contributed by atoms with Crippen LogP contribution >= 0.6 is 15.9 Å². The number of aromatic nitrogens is 1. The Hall–Kier alpha value is -0.450. The number of hydrogen-bond acceptors (Lipinski definition) is 3. The molecule has 1 heterocycles. The van der Waals surface area contributed by atoms with Crippen molar-refractivity contribution in [1.82, 2.24) is 4.98 Å². The normalized spacial score (nSPS) is 20.6. The SMILES string of the molecule is [2H]C([2H])([2H])OC([2H])([2H])CC(O)c1ccc(Br)cn1. The average molecular weight is 251 g/mol. The molecule has 0 aliphatic rings. The highest BCUT2D eigenvalue weighted by Crippen LogP contribution is 2.16. The maximum atomic E-state index is 9.76. The molecule has 1 aromatic heterocycles. The summed E-state index contributed by atoms with van der Waals surface area (Å²) in [6, 6.07) is 3.16. The minimum absolute atomic E-state index is 0.246. The van der Waals surface area contributed by atoms with Crippen LogP contribution in [0.15, 0.2) is 22.8 Å². The van der Waals surface area contributed by atoms with Gasteiger partial charge in [0.15, 0.2) is 0 Å². The molecule has 0 saturated heterocycles. The third-order valence-electron chi connectivity index (χ3n) is 1.44. The van der Waals surface area contributed by atoms with Gasteiger partial charge in [-0.15, -0.1) is 0 Å². The van der Waals surface area contributed by atoms with Crippen LogP contribution in [0.2, 0.25) is 0 Å². The number of ether oxygens (including phenoxy) is 1. The first-order chi connectivity index (χ1) is 8.09. The molecule has 0 spiro atoms. The van der Waals surface area contributed by atoms with Crippen molar-refractivity contribution in [2.24, 2.45) is 0 Å². The fraction of sp³-hybridized carbons (Fsp3) is 0.444. The van der Waals surface area contributed by atoms with Gasteiger partial charge in [0.05, 0.1) is 18.7 Å². The highest BCUT2D eigenvalue weighted by molar-refractivity contribution is 9.10. The zero-order valence-electron chi connectivity index (χ0n) is 11.7. The lowest BCUT2D eigenvalue weighted by molar-refractivity contribution is 0.108. The van der Waals surface area contributed by atoms with E-state index in [1.807, 2.05) is 0 Å². The maximum absolute atomic E-state index is 9.76. The summed E-state index contributed by atoms with van der Waals surface area (Å²) in [6.07, 6.45) is -0.297. The van der Waals surface area contributed by atoms with Gasteiger partial charge in [0.1, 0.15) is 0 Å². The van der Waals surface area contributed by atoms with E-state index in [1.165, 1.54) is 12.3 Å². The number of halogens is 1. The number of nitrogens with zero attached hydrogens (tertiary/aromatic N) is 1. The first-order valence-electron chi connectivity index (χ1n) is 6.09. The number of hydrogen-bond donors (Lipinski definition) is 1. The molecule has 0 aliphatic carbocycles. The first-order valence-corrected chi connectivity index (χ1v) is 4.38. The average Bonchev–Trinajstić information content (AvgIpc) is 2.13. The molecule has 1 aromatic rings. The second-order valence-corrected chi connectivity index (χ2v) is 3.28. The van der Waals surface area contributed by atoms with Crippen molar-refractivity contribution in [2.75, 3.05) is 13.6 Å². The minimum atomic E-state index is -2.85. The zero-order chi connectivity index (χ0) is 14.0. The Bertz CT molecular complexity index is 395. The molecule has 0 aromatic carbocycles. The number of pyridine rings is 1. The summed E-state index contributed by atoms with van der Waals surface area (Å²) in [5.41, 5.74) is 0.246. The molecule has 0 aliphatic heterocycles. The van der Waals surface area contributed by atoms with E-state index in [9.17, 15) is 5.11 Å². The van der Waals surface area contributed by atoms with Gasteiger partial charge in [0.25, 0.3) is 0 Å². The molecule has 0 radical (unpaired) electrons. The van der Waals surface area contributed by atoms with Gasteiger partial charge in [-0.05, 0) is 28.1 Å². The molecule has 1 N–H and O–H groups in total. The van der Waals surface area contributed by atoms with Crippen molar-refractivity contribution in [3.63, 3.8) is 0 Å². The molecule has 1 rings (SSSR count). The van der Waals surface area contributed by atoms with E-state index >= 15 is 0 Å². The van der Waals surface area contributed by atoms with Crippen molar-refractivity contribution >= 4 is 15.9 Å². The van der Waals surface area contributed by atoms with Crippen molar-refractivity contribution in [2.45, 2.75) is 12.5 Å². The molecule has 1 unspecified atom stereocenters. The van der Waals surface area contributed by atoms with E-state index in [0.29, 0.717) is 0 Å². The van der Waals surface area contributed by atoms with Gasteiger partial charge in [0.2, 0.25) is 0 Å². The van der Waals surface area contributed by atoms with E-state index < -0.39 is 26.1 Å². The topological polar surface area (TPSA) is 42.4 Å². The van der Waals surface area contributed by atoms with E-state index in [0.717, 1.165) is 4.47 Å². The van der Waals surface area contributed by atoms with Crippen LogP contribution in [0.1, 0.15) is 25.1 Å². The molecular formula is C9H12BrNO2. The van der Waals surface area contributed by atoms with Crippen LogP contribution in [0, 0.1) is 0 Å². The lowest BCUT2D eigenvalue weighted by atomic mass is 10.2. The quantitative estimate of drug-likeness (QED) is 0.888. The zero-order valence-corrected chi connectivity index (χ0v) is 8.28. The Morgan fingerprint density at radius 3 is 3.31 bits per heavy atom. The van der Waals surface area contributed by atoms with Crippen LogP contribution in [0.5, 0.6) is 0 Å². The highest BCUT2D eigenvalue weighted by Gasteiger charge is 2.07. The smallest absolute Gasteiger partial charge is 0.0981 e. The molecule has 0 saturated carbocycles. The summed E-state index contributed by atoms with van der Waals surface area (Å²) >= 11 is 3.18. The summed E-state index contributed by atoms with van der Waals surface area (Å²) in [7, 11) is -2.85. The van der Waals surface area contributed by atoms with E-state index in [2.05, 4.69) is 25.7 Å². The Balaban J connectivity index is 2.69. The number of methoxy groups -OCH3 is 1. The monoisotopic (exact) mass is 250 g/mol. The third-order valence-corrected chi connectivity index (χ3v) is 1.91. The maximum Gasteiger partial charge on any atom is 0.0981 e. The molecule has 1 atom stereocenters. The largest absolute Gasteiger partial charge is 0.387 e. The molecule has 13 heavy (non-hydrogen) atoms. The van der Waals surface area contributed by atoms with Crippen LogP contribution in [0.4, 0.5) is 0 Å². The van der Waals surface area contributed by atoms with Gasteiger partial charge < -0.3 is 9.84 Å². The highest BCUT2D eigenvalue weighted by atomic mass is 79.9. The first kappa shape index (κ1) is 5.44. The van der Waals surface area contributed by atoms with Crippen LogP contribution in [0.25, 0.3) is 0 Å². The lowest BCUT2D eigenvalue weighted by Gasteiger charge is -2.08. The minimum Gasteiger partial charge on any atom is -0.387 e. The number of rotatable bonds is 4. The Morgan fingerprint density at radius 2 is 2.69 bits per heavy atom. The van der Waals surface area contributed by atoms with Crippen molar-refractivity contribution in [3.05, 3.63) is 28.5 Å². The predicted molar refractivity (Wildman–Crippen MR) is 53.4 cm³/mol. The molecule has 4 heteroatoms. The number of aliphatic hydroxyl groups excluding tert-OH is 1. The summed E-state index contributed by atoms with van der Waals surface area (Å²) in [5, 5.41) is 9.76.